The number of carbonyl (C=O) groups excluding carboxylic acids is 1. The fourth-order valence-corrected chi connectivity index (χ4v) is 4.56. The predicted octanol–water partition coefficient (Wildman–Crippen LogP) is 4.70. The number of amides is 1. The first kappa shape index (κ1) is 22.6. The van der Waals surface area contributed by atoms with E-state index in [4.69, 9.17) is 4.42 Å². The minimum absolute atomic E-state index is 0.0627. The molecule has 7 heteroatoms. The van der Waals surface area contributed by atoms with Crippen LogP contribution in [0.15, 0.2) is 51.7 Å². The summed E-state index contributed by atoms with van der Waals surface area (Å²) in [5.41, 5.74) is 2.83. The van der Waals surface area contributed by atoms with E-state index in [1.54, 1.807) is 37.3 Å². The van der Waals surface area contributed by atoms with E-state index in [1.807, 2.05) is 30.9 Å². The van der Waals surface area contributed by atoms with Gasteiger partial charge in [-0.05, 0) is 50.5 Å². The molecule has 0 aliphatic carbocycles. The zero-order valence-electron chi connectivity index (χ0n) is 19.1. The third-order valence-corrected chi connectivity index (χ3v) is 6.36. The van der Waals surface area contributed by atoms with E-state index < -0.39 is 5.97 Å². The maximum absolute atomic E-state index is 13.0. The number of carboxylic acid groups (broad SMARTS) is 1. The largest absolute Gasteiger partial charge is 0.478 e. The van der Waals surface area contributed by atoms with Crippen LogP contribution in [-0.2, 0) is 4.79 Å². The van der Waals surface area contributed by atoms with Gasteiger partial charge in [0.1, 0.15) is 11.3 Å². The topological polar surface area (TPSA) is 99.9 Å². The number of para-hydroxylation sites is 1. The second-order valence-corrected chi connectivity index (χ2v) is 8.74. The summed E-state index contributed by atoms with van der Waals surface area (Å²) >= 11 is 0. The Kier molecular flexibility index (Phi) is 6.22. The number of nitrogens with zero attached hydrogens (tertiary/aromatic N) is 1. The van der Waals surface area contributed by atoms with Crippen LogP contribution >= 0.6 is 0 Å². The van der Waals surface area contributed by atoms with Crippen LogP contribution in [0.1, 0.15) is 65.9 Å². The maximum atomic E-state index is 13.0. The molecular weight excluding hydrogens is 420 g/mol. The number of likely N-dealkylation sites (tertiary alicyclic amines) is 1. The number of fused-ring (bicyclic) bond motifs is 1. The highest BCUT2D eigenvalue weighted by Crippen LogP contribution is 2.33. The van der Waals surface area contributed by atoms with Gasteiger partial charge < -0.3 is 19.7 Å². The summed E-state index contributed by atoms with van der Waals surface area (Å²) in [4.78, 5) is 38.1. The fourth-order valence-electron chi connectivity index (χ4n) is 4.56. The van der Waals surface area contributed by atoms with E-state index in [-0.39, 0.29) is 28.9 Å². The number of aryl methyl sites for hydroxylation is 1. The van der Waals surface area contributed by atoms with Crippen LogP contribution in [-0.4, -0.2) is 35.0 Å². The van der Waals surface area contributed by atoms with Crippen LogP contribution in [0.3, 0.4) is 0 Å². The molecule has 2 aromatic carbocycles. The number of carboxylic acids is 1. The number of hydrogen-bond acceptors (Lipinski definition) is 5. The number of anilines is 1. The molecule has 2 heterocycles. The second-order valence-electron chi connectivity index (χ2n) is 8.74. The Labute approximate surface area is 192 Å². The minimum Gasteiger partial charge on any atom is -0.478 e. The summed E-state index contributed by atoms with van der Waals surface area (Å²) in [5.74, 6) is -0.236. The van der Waals surface area contributed by atoms with Gasteiger partial charge in [0.05, 0.1) is 17.0 Å². The van der Waals surface area contributed by atoms with Gasteiger partial charge in [-0.3, -0.25) is 9.59 Å². The molecule has 1 fully saturated rings. The third-order valence-electron chi connectivity index (χ3n) is 6.36. The molecule has 7 nitrogen and oxygen atoms in total. The Hall–Kier alpha value is -3.61. The Bertz CT molecular complexity index is 1270. The number of aromatic carboxylic acids is 1. The first-order valence-corrected chi connectivity index (χ1v) is 11.2. The molecule has 0 bridgehead atoms. The first-order chi connectivity index (χ1) is 15.7. The zero-order chi connectivity index (χ0) is 23.7. The number of nitrogens with one attached hydrogen (secondary N) is 1. The number of rotatable bonds is 5. The molecule has 1 amide bonds. The average Bonchev–Trinajstić information content (AvgIpc) is 2.79. The molecule has 1 aromatic heterocycles. The number of piperidine rings is 1. The third kappa shape index (κ3) is 4.62. The quantitative estimate of drug-likeness (QED) is 0.587. The number of benzene rings is 2. The van der Waals surface area contributed by atoms with E-state index in [1.165, 1.54) is 0 Å². The van der Waals surface area contributed by atoms with Crippen molar-refractivity contribution in [3.05, 3.63) is 75.1 Å². The van der Waals surface area contributed by atoms with Crippen molar-refractivity contribution in [3.8, 4) is 0 Å². The second kappa shape index (κ2) is 9.10. The Morgan fingerprint density at radius 1 is 1.15 bits per heavy atom. The van der Waals surface area contributed by atoms with Crippen molar-refractivity contribution in [1.82, 2.24) is 4.90 Å². The van der Waals surface area contributed by atoms with E-state index in [0.29, 0.717) is 35.5 Å². The summed E-state index contributed by atoms with van der Waals surface area (Å²) < 4.78 is 6.34. The molecular formula is C26H28N2O5. The van der Waals surface area contributed by atoms with E-state index in [2.05, 4.69) is 5.32 Å². The van der Waals surface area contributed by atoms with Gasteiger partial charge in [0.15, 0.2) is 5.43 Å². The Morgan fingerprint density at radius 3 is 2.52 bits per heavy atom. The zero-order valence-corrected chi connectivity index (χ0v) is 19.1. The van der Waals surface area contributed by atoms with Crippen LogP contribution in [0.4, 0.5) is 5.69 Å². The summed E-state index contributed by atoms with van der Waals surface area (Å²) in [6, 6.07) is 11.8. The highest BCUT2D eigenvalue weighted by molar-refractivity contribution is 5.94. The molecule has 172 valence electrons. The Morgan fingerprint density at radius 2 is 1.85 bits per heavy atom. The van der Waals surface area contributed by atoms with Crippen molar-refractivity contribution < 1.29 is 19.1 Å². The molecule has 4 rings (SSSR count). The van der Waals surface area contributed by atoms with Crippen molar-refractivity contribution in [3.63, 3.8) is 0 Å². The molecule has 3 aromatic rings. The normalized spacial score (nSPS) is 15.4. The van der Waals surface area contributed by atoms with E-state index in [9.17, 15) is 19.5 Å². The lowest BCUT2D eigenvalue weighted by Crippen LogP contribution is -2.36. The summed E-state index contributed by atoms with van der Waals surface area (Å²) in [6.07, 6.45) is 1.49. The van der Waals surface area contributed by atoms with E-state index in [0.717, 1.165) is 24.0 Å². The van der Waals surface area contributed by atoms with E-state index >= 15 is 0 Å². The fraction of sp³-hybridized carbons (Fsp3) is 0.346. The lowest BCUT2D eigenvalue weighted by Gasteiger charge is -2.30. The lowest BCUT2D eigenvalue weighted by atomic mass is 9.93. The van der Waals surface area contributed by atoms with Crippen LogP contribution in [0, 0.1) is 6.92 Å². The lowest BCUT2D eigenvalue weighted by molar-refractivity contribution is -0.129. The van der Waals surface area contributed by atoms with Gasteiger partial charge in [0.25, 0.3) is 0 Å². The van der Waals surface area contributed by atoms with Gasteiger partial charge >= 0.3 is 5.97 Å². The van der Waals surface area contributed by atoms with Crippen molar-refractivity contribution >= 4 is 28.5 Å². The summed E-state index contributed by atoms with van der Waals surface area (Å²) in [7, 11) is 0. The molecule has 0 saturated carbocycles. The van der Waals surface area contributed by atoms with Gasteiger partial charge in [0, 0.05) is 43.2 Å². The van der Waals surface area contributed by atoms with Gasteiger partial charge in [-0.25, -0.2) is 4.79 Å². The van der Waals surface area contributed by atoms with Gasteiger partial charge in [-0.1, -0.05) is 18.2 Å². The van der Waals surface area contributed by atoms with Gasteiger partial charge in [-0.15, -0.1) is 0 Å². The molecule has 1 unspecified atom stereocenters. The van der Waals surface area contributed by atoms with Crippen molar-refractivity contribution in [2.24, 2.45) is 0 Å². The predicted molar refractivity (Wildman–Crippen MR) is 127 cm³/mol. The maximum Gasteiger partial charge on any atom is 0.337 e. The van der Waals surface area contributed by atoms with Crippen LogP contribution in [0.2, 0.25) is 0 Å². The molecule has 33 heavy (non-hydrogen) atoms. The van der Waals surface area contributed by atoms with Crippen LogP contribution < -0.4 is 10.7 Å². The smallest absolute Gasteiger partial charge is 0.337 e. The molecule has 1 atom stereocenters. The SMILES string of the molecule is CC(=O)N1CCC(c2cc(=O)c3cc(C)cc(C(C)Nc4ccccc4C(=O)O)c3o2)CC1. The highest BCUT2D eigenvalue weighted by Gasteiger charge is 2.25. The first-order valence-electron chi connectivity index (χ1n) is 11.2. The van der Waals surface area contributed by atoms with Crippen molar-refractivity contribution in [1.29, 1.82) is 0 Å². The monoisotopic (exact) mass is 448 g/mol. The molecule has 2 N–H and O–H groups in total. The highest BCUT2D eigenvalue weighted by atomic mass is 16.4. The summed E-state index contributed by atoms with van der Waals surface area (Å²) in [5, 5.41) is 13.3. The van der Waals surface area contributed by atoms with Gasteiger partial charge in [-0.2, -0.15) is 0 Å². The Balaban J connectivity index is 1.72. The molecule has 1 aliphatic heterocycles. The summed E-state index contributed by atoms with van der Waals surface area (Å²) in [6.45, 7) is 6.71. The number of hydrogen-bond donors (Lipinski definition) is 2. The van der Waals surface area contributed by atoms with Crippen molar-refractivity contribution in [2.45, 2.75) is 45.6 Å². The van der Waals surface area contributed by atoms with Crippen LogP contribution in [0.25, 0.3) is 11.0 Å². The number of carbonyl (C=O) groups is 2. The van der Waals surface area contributed by atoms with Gasteiger partial charge in [0.2, 0.25) is 5.91 Å². The standard InChI is InChI=1S/C26H28N2O5/c1-15-12-20(16(2)27-22-7-5-4-6-19(22)26(31)32)25-21(13-15)23(30)14-24(33-25)18-8-10-28(11-9-18)17(3)29/h4-7,12-14,16,18,27H,8-11H2,1-3H3,(H,31,32). The minimum atomic E-state index is -1.01. The molecule has 1 saturated heterocycles. The van der Waals surface area contributed by atoms with Crippen molar-refractivity contribution in [2.75, 3.05) is 18.4 Å². The molecule has 1 aliphatic rings. The molecule has 0 spiro atoms. The average molecular weight is 449 g/mol. The molecule has 0 radical (unpaired) electrons. The van der Waals surface area contributed by atoms with Crippen LogP contribution in [0.5, 0.6) is 0 Å².